The van der Waals surface area contributed by atoms with Crippen LogP contribution >= 0.6 is 11.6 Å². The topological polar surface area (TPSA) is 59.0 Å². The number of likely N-dealkylation sites (tertiary alicyclic amines) is 1. The molecule has 1 N–H and O–H groups in total. The van der Waals surface area contributed by atoms with Crippen LogP contribution in [0.5, 0.6) is 5.75 Å². The van der Waals surface area contributed by atoms with Gasteiger partial charge in [0.1, 0.15) is 5.75 Å². The maximum absolute atomic E-state index is 12.7. The first-order chi connectivity index (χ1) is 14.9. The van der Waals surface area contributed by atoms with Crippen LogP contribution in [0.4, 0.5) is 0 Å². The predicted octanol–water partition coefficient (Wildman–Crippen LogP) is 4.85. The van der Waals surface area contributed by atoms with Crippen LogP contribution in [-0.2, 0) is 26.3 Å². The van der Waals surface area contributed by atoms with Gasteiger partial charge >= 0.3 is 5.97 Å². The van der Waals surface area contributed by atoms with E-state index in [1.807, 2.05) is 6.92 Å². The first-order valence-corrected chi connectivity index (χ1v) is 11.4. The summed E-state index contributed by atoms with van der Waals surface area (Å²) in [6.45, 7) is 6.58. The molecule has 1 saturated heterocycles. The lowest BCUT2D eigenvalue weighted by Crippen LogP contribution is -2.45. The molecule has 2 aromatic carbocycles. The summed E-state index contributed by atoms with van der Waals surface area (Å²) in [5.74, 6) is -0.421. The summed E-state index contributed by atoms with van der Waals surface area (Å²) in [7, 11) is 0. The minimum absolute atomic E-state index is 0.114. The summed E-state index contributed by atoms with van der Waals surface area (Å²) >= 11 is 6.31. The molecule has 0 amide bonds. The van der Waals surface area contributed by atoms with Crippen molar-refractivity contribution in [2.45, 2.75) is 44.8 Å². The molecular weight excluding hydrogens is 414 g/mol. The molecule has 0 aliphatic carbocycles. The van der Waals surface area contributed by atoms with Crippen molar-refractivity contribution in [3.8, 4) is 5.75 Å². The van der Waals surface area contributed by atoms with Gasteiger partial charge in [0.2, 0.25) is 0 Å². The van der Waals surface area contributed by atoms with Crippen LogP contribution in [0.3, 0.4) is 0 Å². The Balaban J connectivity index is 1.45. The molecule has 2 aliphatic heterocycles. The molecule has 1 spiro atoms. The van der Waals surface area contributed by atoms with E-state index < -0.39 is 0 Å². The standard InChI is InChI=1S/C25H30ClNO4/c1-3-30-24(29)19(14-18-15-20(28)8-9-23(18)26)16-27-12-10-25(11-13-27)22-7-5-4-6-21(22)17(2)31-25/h4-9,15,17,19,28H,3,10-14,16H2,1-2H3. The number of phenolic OH excluding ortho intramolecular Hbond substituents is 1. The third-order valence-electron chi connectivity index (χ3n) is 6.55. The minimum atomic E-state index is -0.344. The number of benzene rings is 2. The van der Waals surface area contributed by atoms with E-state index in [0.717, 1.165) is 31.5 Å². The third-order valence-corrected chi connectivity index (χ3v) is 6.92. The van der Waals surface area contributed by atoms with E-state index in [1.54, 1.807) is 18.2 Å². The maximum Gasteiger partial charge on any atom is 0.310 e. The van der Waals surface area contributed by atoms with Gasteiger partial charge in [-0.2, -0.15) is 0 Å². The van der Waals surface area contributed by atoms with E-state index in [-0.39, 0.29) is 29.3 Å². The Kier molecular flexibility index (Phi) is 6.56. The van der Waals surface area contributed by atoms with Crippen molar-refractivity contribution >= 4 is 17.6 Å². The van der Waals surface area contributed by atoms with Gasteiger partial charge < -0.3 is 19.5 Å². The van der Waals surface area contributed by atoms with E-state index in [2.05, 4.69) is 36.1 Å². The number of nitrogens with zero attached hydrogens (tertiary/aromatic N) is 1. The largest absolute Gasteiger partial charge is 0.508 e. The van der Waals surface area contributed by atoms with Crippen LogP contribution in [0.2, 0.25) is 5.02 Å². The van der Waals surface area contributed by atoms with Crippen LogP contribution in [-0.4, -0.2) is 42.2 Å². The second-order valence-electron chi connectivity index (χ2n) is 8.57. The van der Waals surface area contributed by atoms with Crippen molar-refractivity contribution in [3.05, 3.63) is 64.2 Å². The molecule has 166 valence electrons. The van der Waals surface area contributed by atoms with Gasteiger partial charge in [0.15, 0.2) is 0 Å². The number of hydrogen-bond acceptors (Lipinski definition) is 5. The van der Waals surface area contributed by atoms with Crippen molar-refractivity contribution in [1.82, 2.24) is 4.90 Å². The number of carbonyl (C=O) groups excluding carboxylic acids is 1. The number of fused-ring (bicyclic) bond motifs is 2. The minimum Gasteiger partial charge on any atom is -0.508 e. The molecule has 2 unspecified atom stereocenters. The smallest absolute Gasteiger partial charge is 0.310 e. The molecule has 0 bridgehead atoms. The molecule has 2 aliphatic rings. The number of phenols is 1. The lowest BCUT2D eigenvalue weighted by molar-refractivity contribution is -0.149. The van der Waals surface area contributed by atoms with Crippen LogP contribution in [0, 0.1) is 5.92 Å². The third kappa shape index (κ3) is 4.59. The van der Waals surface area contributed by atoms with E-state index in [1.165, 1.54) is 11.1 Å². The quantitative estimate of drug-likeness (QED) is 0.646. The van der Waals surface area contributed by atoms with E-state index >= 15 is 0 Å². The number of rotatable bonds is 6. The molecular formula is C25H30ClNO4. The van der Waals surface area contributed by atoms with Crippen LogP contribution < -0.4 is 0 Å². The molecule has 0 aromatic heterocycles. The second kappa shape index (κ2) is 9.19. The lowest BCUT2D eigenvalue weighted by Gasteiger charge is -2.40. The second-order valence-corrected chi connectivity index (χ2v) is 8.98. The first kappa shape index (κ1) is 22.1. The lowest BCUT2D eigenvalue weighted by atomic mass is 9.83. The monoisotopic (exact) mass is 443 g/mol. The molecule has 6 heteroatoms. The average molecular weight is 444 g/mol. The molecule has 1 fully saturated rings. The summed E-state index contributed by atoms with van der Waals surface area (Å²) in [5.41, 5.74) is 3.14. The van der Waals surface area contributed by atoms with Crippen molar-refractivity contribution in [2.24, 2.45) is 5.92 Å². The van der Waals surface area contributed by atoms with Gasteiger partial charge in [-0.05, 0) is 68.0 Å². The fourth-order valence-corrected chi connectivity index (χ4v) is 5.19. The van der Waals surface area contributed by atoms with Crippen molar-refractivity contribution in [2.75, 3.05) is 26.2 Å². The summed E-state index contributed by atoms with van der Waals surface area (Å²) in [4.78, 5) is 15.0. The summed E-state index contributed by atoms with van der Waals surface area (Å²) in [6, 6.07) is 13.4. The first-order valence-electron chi connectivity index (χ1n) is 11.1. The summed E-state index contributed by atoms with van der Waals surface area (Å²) in [6.07, 6.45) is 2.35. The zero-order chi connectivity index (χ0) is 22.0. The Morgan fingerprint density at radius 3 is 2.77 bits per heavy atom. The predicted molar refractivity (Wildman–Crippen MR) is 120 cm³/mol. The SMILES string of the molecule is CCOC(=O)C(Cc1cc(O)ccc1Cl)CN1CCC2(CC1)OC(C)c1ccccc12. The van der Waals surface area contributed by atoms with Gasteiger partial charge in [-0.1, -0.05) is 35.9 Å². The Labute approximate surface area is 188 Å². The van der Waals surface area contributed by atoms with Gasteiger partial charge in [0.05, 0.1) is 24.2 Å². The molecule has 0 saturated carbocycles. The van der Waals surface area contributed by atoms with E-state index in [9.17, 15) is 9.90 Å². The number of esters is 1. The van der Waals surface area contributed by atoms with Crippen molar-refractivity contribution < 1.29 is 19.4 Å². The highest BCUT2D eigenvalue weighted by molar-refractivity contribution is 6.31. The van der Waals surface area contributed by atoms with Gasteiger partial charge in [-0.3, -0.25) is 4.79 Å². The number of halogens is 1. The van der Waals surface area contributed by atoms with E-state index in [4.69, 9.17) is 21.1 Å². The molecule has 31 heavy (non-hydrogen) atoms. The Hall–Kier alpha value is -2.08. The molecule has 2 atom stereocenters. The van der Waals surface area contributed by atoms with E-state index in [0.29, 0.717) is 24.6 Å². The van der Waals surface area contributed by atoms with Gasteiger partial charge in [-0.15, -0.1) is 0 Å². The molecule has 2 aromatic rings. The van der Waals surface area contributed by atoms with Crippen LogP contribution in [0.15, 0.2) is 42.5 Å². The van der Waals surface area contributed by atoms with Gasteiger partial charge in [0, 0.05) is 24.7 Å². The average Bonchev–Trinajstić information content (AvgIpc) is 3.04. The number of aromatic hydroxyl groups is 1. The molecule has 4 rings (SSSR count). The van der Waals surface area contributed by atoms with Crippen molar-refractivity contribution in [1.29, 1.82) is 0 Å². The van der Waals surface area contributed by atoms with Crippen LogP contribution in [0.25, 0.3) is 0 Å². The van der Waals surface area contributed by atoms with Gasteiger partial charge in [0.25, 0.3) is 0 Å². The summed E-state index contributed by atoms with van der Waals surface area (Å²) in [5, 5.41) is 10.4. The summed E-state index contributed by atoms with van der Waals surface area (Å²) < 4.78 is 11.8. The maximum atomic E-state index is 12.7. The number of hydrogen-bond donors (Lipinski definition) is 1. The van der Waals surface area contributed by atoms with Crippen LogP contribution in [0.1, 0.15) is 49.5 Å². The van der Waals surface area contributed by atoms with Gasteiger partial charge in [-0.25, -0.2) is 0 Å². The fraction of sp³-hybridized carbons (Fsp3) is 0.480. The van der Waals surface area contributed by atoms with Crippen molar-refractivity contribution in [3.63, 3.8) is 0 Å². The highest BCUT2D eigenvalue weighted by Gasteiger charge is 2.45. The number of piperidine rings is 1. The fourth-order valence-electron chi connectivity index (χ4n) is 4.99. The molecule has 5 nitrogen and oxygen atoms in total. The molecule has 2 heterocycles. The highest BCUT2D eigenvalue weighted by atomic mass is 35.5. The Morgan fingerprint density at radius 1 is 1.29 bits per heavy atom. The zero-order valence-electron chi connectivity index (χ0n) is 18.1. The normalized spacial score (nSPS) is 21.1. The molecule has 0 radical (unpaired) electrons. The highest BCUT2D eigenvalue weighted by Crippen LogP contribution is 2.49. The number of ether oxygens (including phenoxy) is 2. The zero-order valence-corrected chi connectivity index (χ0v) is 18.9. The Morgan fingerprint density at radius 2 is 2.03 bits per heavy atom. The number of carbonyl (C=O) groups is 1. The Bertz CT molecular complexity index is 939.